The van der Waals surface area contributed by atoms with E-state index in [2.05, 4.69) is 21.0 Å². The lowest BCUT2D eigenvalue weighted by atomic mass is 10.3. The molecule has 1 aromatic rings. The molecule has 2 rings (SSSR count). The van der Waals surface area contributed by atoms with Crippen LogP contribution in [-0.2, 0) is 0 Å². The lowest BCUT2D eigenvalue weighted by molar-refractivity contribution is 0.877. The predicted molar refractivity (Wildman–Crippen MR) is 41.5 cm³/mol. The molecule has 0 aromatic carbocycles. The molecule has 0 aliphatic carbocycles. The second-order valence-corrected chi connectivity index (χ2v) is 2.59. The second-order valence-electron chi connectivity index (χ2n) is 2.59. The molecule has 0 N–H and O–H groups in total. The molecular weight excluding hydrogens is 138 g/mol. The van der Waals surface area contributed by atoms with E-state index in [1.165, 1.54) is 0 Å². The number of hydrogen-bond acceptors (Lipinski definition) is 3. The van der Waals surface area contributed by atoms with Crippen molar-refractivity contribution >= 4 is 6.08 Å². The van der Waals surface area contributed by atoms with Gasteiger partial charge in [0.05, 0.1) is 11.9 Å². The minimum absolute atomic E-state index is 0.793. The fourth-order valence-corrected chi connectivity index (χ4v) is 1.12. The van der Waals surface area contributed by atoms with Gasteiger partial charge in [0.15, 0.2) is 5.49 Å². The summed E-state index contributed by atoms with van der Waals surface area (Å²) in [6.45, 7) is 2.79. The van der Waals surface area contributed by atoms with Gasteiger partial charge in [-0.05, 0) is 13.3 Å². The Morgan fingerprint density at radius 2 is 2.36 bits per heavy atom. The van der Waals surface area contributed by atoms with Gasteiger partial charge in [0.1, 0.15) is 5.35 Å². The summed E-state index contributed by atoms with van der Waals surface area (Å²) in [6.07, 6.45) is 4.83. The van der Waals surface area contributed by atoms with Gasteiger partial charge >= 0.3 is 0 Å². The number of fused-ring (bicyclic) bond motifs is 1. The van der Waals surface area contributed by atoms with Crippen LogP contribution in [0.15, 0.2) is 11.2 Å². The highest BCUT2D eigenvalue weighted by molar-refractivity contribution is 5.19. The Morgan fingerprint density at radius 1 is 1.45 bits per heavy atom. The van der Waals surface area contributed by atoms with Gasteiger partial charge in [-0.15, -0.1) is 0 Å². The number of nitrogens with zero attached hydrogens (tertiary/aromatic N) is 3. The van der Waals surface area contributed by atoms with Crippen LogP contribution in [0.3, 0.4) is 0 Å². The zero-order valence-electron chi connectivity index (χ0n) is 6.41. The standard InChI is InChI=1S/C8H9N3/c1-6-5-10-8-7(11-6)3-2-4-9-8/h3,5H,2,4H2,1H3. The second kappa shape index (κ2) is 2.42. The first-order valence-corrected chi connectivity index (χ1v) is 3.70. The van der Waals surface area contributed by atoms with Crippen molar-refractivity contribution < 1.29 is 0 Å². The molecule has 3 nitrogen and oxygen atoms in total. The van der Waals surface area contributed by atoms with Crippen LogP contribution < -0.4 is 10.8 Å². The molecule has 2 heterocycles. The molecule has 1 aliphatic heterocycles. The summed E-state index contributed by atoms with van der Waals surface area (Å²) in [7, 11) is 0. The molecule has 0 amide bonds. The van der Waals surface area contributed by atoms with Crippen LogP contribution in [-0.4, -0.2) is 16.5 Å². The van der Waals surface area contributed by atoms with E-state index in [-0.39, 0.29) is 0 Å². The number of rotatable bonds is 0. The molecule has 0 saturated carbocycles. The molecule has 0 bridgehead atoms. The average molecular weight is 147 g/mol. The molecular formula is C8H9N3. The summed E-state index contributed by atoms with van der Waals surface area (Å²) in [5.74, 6) is 0. The van der Waals surface area contributed by atoms with E-state index in [1.54, 1.807) is 6.20 Å². The molecule has 11 heavy (non-hydrogen) atoms. The maximum Gasteiger partial charge on any atom is 0.173 e. The summed E-state index contributed by atoms with van der Waals surface area (Å²) in [4.78, 5) is 12.7. The van der Waals surface area contributed by atoms with E-state index in [1.807, 2.05) is 6.92 Å². The van der Waals surface area contributed by atoms with Crippen molar-refractivity contribution in [2.24, 2.45) is 4.99 Å². The fraction of sp³-hybridized carbons (Fsp3) is 0.375. The van der Waals surface area contributed by atoms with Crippen LogP contribution >= 0.6 is 0 Å². The van der Waals surface area contributed by atoms with Crippen LogP contribution in [0, 0.1) is 6.92 Å². The molecule has 0 saturated heterocycles. The summed E-state index contributed by atoms with van der Waals surface area (Å²) in [6, 6.07) is 0. The summed E-state index contributed by atoms with van der Waals surface area (Å²) < 4.78 is 0. The normalized spacial score (nSPS) is 14.6. The van der Waals surface area contributed by atoms with Gasteiger partial charge in [0.25, 0.3) is 0 Å². The quantitative estimate of drug-likeness (QED) is 0.500. The van der Waals surface area contributed by atoms with Crippen LogP contribution in [0.5, 0.6) is 0 Å². The summed E-state index contributed by atoms with van der Waals surface area (Å²) in [5, 5.41) is 0.941. The highest BCUT2D eigenvalue weighted by atomic mass is 14.9. The summed E-state index contributed by atoms with van der Waals surface area (Å²) >= 11 is 0. The number of aryl methyl sites for hydroxylation is 1. The van der Waals surface area contributed by atoms with Gasteiger partial charge in [-0.3, -0.25) is 4.99 Å². The smallest absolute Gasteiger partial charge is 0.173 e. The first kappa shape index (κ1) is 6.46. The predicted octanol–water partition coefficient (Wildman–Crippen LogP) is -0.411. The van der Waals surface area contributed by atoms with Gasteiger partial charge in [-0.1, -0.05) is 6.08 Å². The minimum Gasteiger partial charge on any atom is -0.265 e. The van der Waals surface area contributed by atoms with E-state index in [9.17, 15) is 0 Å². The van der Waals surface area contributed by atoms with E-state index >= 15 is 0 Å². The highest BCUT2D eigenvalue weighted by Gasteiger charge is 1.95. The van der Waals surface area contributed by atoms with Gasteiger partial charge in [-0.2, -0.15) is 0 Å². The van der Waals surface area contributed by atoms with Crippen molar-refractivity contribution in [2.45, 2.75) is 13.3 Å². The highest BCUT2D eigenvalue weighted by Crippen LogP contribution is 1.85. The zero-order valence-corrected chi connectivity index (χ0v) is 6.41. The van der Waals surface area contributed by atoms with Gasteiger partial charge in [0, 0.05) is 6.54 Å². The Kier molecular flexibility index (Phi) is 1.42. The van der Waals surface area contributed by atoms with E-state index < -0.39 is 0 Å². The molecule has 0 spiro atoms. The van der Waals surface area contributed by atoms with Gasteiger partial charge in [0.2, 0.25) is 0 Å². The van der Waals surface area contributed by atoms with Crippen molar-refractivity contribution in [2.75, 3.05) is 6.54 Å². The molecule has 56 valence electrons. The molecule has 3 heteroatoms. The van der Waals surface area contributed by atoms with Crippen LogP contribution in [0.2, 0.25) is 0 Å². The minimum atomic E-state index is 0.793. The topological polar surface area (TPSA) is 38.1 Å². The largest absolute Gasteiger partial charge is 0.265 e. The van der Waals surface area contributed by atoms with Crippen molar-refractivity contribution in [1.29, 1.82) is 0 Å². The van der Waals surface area contributed by atoms with Gasteiger partial charge < -0.3 is 0 Å². The first-order valence-electron chi connectivity index (χ1n) is 3.70. The van der Waals surface area contributed by atoms with Gasteiger partial charge in [-0.25, -0.2) is 9.97 Å². The lowest BCUT2D eigenvalue weighted by Gasteiger charge is -1.97. The third-order valence-electron chi connectivity index (χ3n) is 1.63. The Bertz CT molecular complexity index is 381. The van der Waals surface area contributed by atoms with Crippen molar-refractivity contribution in [3.63, 3.8) is 0 Å². The summed E-state index contributed by atoms with van der Waals surface area (Å²) in [5.41, 5.74) is 1.75. The molecule has 0 atom stereocenters. The van der Waals surface area contributed by atoms with Crippen LogP contribution in [0.1, 0.15) is 12.1 Å². The average Bonchev–Trinajstić information content (AvgIpc) is 2.04. The molecule has 0 unspecified atom stereocenters. The lowest BCUT2D eigenvalue weighted by Crippen LogP contribution is -2.34. The maximum absolute atomic E-state index is 4.30. The van der Waals surface area contributed by atoms with Crippen molar-refractivity contribution in [3.8, 4) is 0 Å². The van der Waals surface area contributed by atoms with E-state index in [0.29, 0.717) is 0 Å². The number of aromatic nitrogens is 2. The van der Waals surface area contributed by atoms with E-state index in [4.69, 9.17) is 0 Å². The molecule has 1 aromatic heterocycles. The monoisotopic (exact) mass is 147 g/mol. The van der Waals surface area contributed by atoms with E-state index in [0.717, 1.165) is 29.5 Å². The fourth-order valence-electron chi connectivity index (χ4n) is 1.12. The molecule has 1 aliphatic rings. The Hall–Kier alpha value is -1.25. The third-order valence-corrected chi connectivity index (χ3v) is 1.63. The van der Waals surface area contributed by atoms with Crippen LogP contribution in [0.25, 0.3) is 6.08 Å². The van der Waals surface area contributed by atoms with Crippen molar-refractivity contribution in [1.82, 2.24) is 9.97 Å². The number of hydrogen-bond donors (Lipinski definition) is 0. The maximum atomic E-state index is 4.30. The Labute approximate surface area is 64.5 Å². The first-order chi connectivity index (χ1) is 5.36. The molecule has 0 fully saturated rings. The molecule has 0 radical (unpaired) electrons. The van der Waals surface area contributed by atoms with Crippen molar-refractivity contribution in [3.05, 3.63) is 22.7 Å². The van der Waals surface area contributed by atoms with Crippen LogP contribution in [0.4, 0.5) is 0 Å². The third kappa shape index (κ3) is 1.13. The zero-order chi connectivity index (χ0) is 7.68. The Balaban J connectivity index is 2.80. The Morgan fingerprint density at radius 3 is 3.27 bits per heavy atom. The SMILES string of the molecule is Cc1cnc2c(n1)=CCCN=2.